The second kappa shape index (κ2) is 4.26. The summed E-state index contributed by atoms with van der Waals surface area (Å²) in [4.78, 5) is 1.32. The first-order chi connectivity index (χ1) is 5.59. The van der Waals surface area contributed by atoms with Crippen LogP contribution >= 0.6 is 22.9 Å². The van der Waals surface area contributed by atoms with Crippen LogP contribution in [0.3, 0.4) is 0 Å². The van der Waals surface area contributed by atoms with Crippen molar-refractivity contribution in [2.75, 3.05) is 0 Å². The molecule has 0 spiro atoms. The molecular weight excluding hydrogens is 190 g/mol. The lowest BCUT2D eigenvalue weighted by Crippen LogP contribution is -2.25. The van der Waals surface area contributed by atoms with Crippen molar-refractivity contribution in [1.82, 2.24) is 0 Å². The molecule has 1 rings (SSSR count). The van der Waals surface area contributed by atoms with Crippen LogP contribution < -0.4 is 5.73 Å². The molecule has 68 valence electrons. The highest BCUT2D eigenvalue weighted by Gasteiger charge is 2.09. The third-order valence-electron chi connectivity index (χ3n) is 2.05. The van der Waals surface area contributed by atoms with Gasteiger partial charge in [0.15, 0.2) is 0 Å². The molecule has 0 bridgehead atoms. The van der Waals surface area contributed by atoms with E-state index >= 15 is 0 Å². The number of halogens is 1. The van der Waals surface area contributed by atoms with Crippen LogP contribution in [0, 0.1) is 5.92 Å². The van der Waals surface area contributed by atoms with Crippen molar-refractivity contribution < 1.29 is 0 Å². The Hall–Kier alpha value is -0.0500. The van der Waals surface area contributed by atoms with Gasteiger partial charge in [-0.2, -0.15) is 0 Å². The second-order valence-corrected chi connectivity index (χ2v) is 5.05. The fourth-order valence-corrected chi connectivity index (χ4v) is 2.19. The molecule has 2 atom stereocenters. The lowest BCUT2D eigenvalue weighted by Gasteiger charge is -2.13. The van der Waals surface area contributed by atoms with Crippen molar-refractivity contribution in [3.05, 3.63) is 21.3 Å². The van der Waals surface area contributed by atoms with Crippen molar-refractivity contribution in [1.29, 1.82) is 0 Å². The average Bonchev–Trinajstić information content (AvgIpc) is 2.35. The van der Waals surface area contributed by atoms with Crippen LogP contribution in [0.15, 0.2) is 12.1 Å². The molecule has 0 aliphatic heterocycles. The number of thiophene rings is 1. The summed E-state index contributed by atoms with van der Waals surface area (Å²) in [5.41, 5.74) is 5.76. The van der Waals surface area contributed by atoms with Gasteiger partial charge in [-0.25, -0.2) is 0 Å². The van der Waals surface area contributed by atoms with E-state index in [0.29, 0.717) is 5.92 Å². The molecule has 2 unspecified atom stereocenters. The van der Waals surface area contributed by atoms with E-state index in [1.165, 1.54) is 4.88 Å². The van der Waals surface area contributed by atoms with E-state index in [4.69, 9.17) is 17.3 Å². The van der Waals surface area contributed by atoms with Gasteiger partial charge in [-0.3, -0.25) is 0 Å². The first kappa shape index (κ1) is 10.0. The largest absolute Gasteiger partial charge is 0.328 e. The molecule has 1 aromatic rings. The minimum Gasteiger partial charge on any atom is -0.328 e. The van der Waals surface area contributed by atoms with Crippen molar-refractivity contribution in [2.24, 2.45) is 11.7 Å². The van der Waals surface area contributed by atoms with Crippen molar-refractivity contribution in [3.63, 3.8) is 0 Å². The summed E-state index contributed by atoms with van der Waals surface area (Å²) in [5, 5.41) is 0. The molecule has 0 amide bonds. The molecule has 3 heteroatoms. The maximum Gasteiger partial charge on any atom is 0.0931 e. The Bertz CT molecular complexity index is 244. The van der Waals surface area contributed by atoms with E-state index < -0.39 is 0 Å². The first-order valence-electron chi connectivity index (χ1n) is 4.09. The lowest BCUT2D eigenvalue weighted by molar-refractivity contribution is 0.485. The third kappa shape index (κ3) is 2.77. The highest BCUT2D eigenvalue weighted by atomic mass is 35.5. The topological polar surface area (TPSA) is 26.0 Å². The molecule has 0 aliphatic carbocycles. The van der Waals surface area contributed by atoms with E-state index in [-0.39, 0.29) is 6.04 Å². The van der Waals surface area contributed by atoms with Gasteiger partial charge in [-0.15, -0.1) is 11.3 Å². The van der Waals surface area contributed by atoms with Crippen LogP contribution in [0.1, 0.15) is 18.7 Å². The zero-order chi connectivity index (χ0) is 9.14. The molecule has 0 fully saturated rings. The molecule has 0 saturated carbocycles. The van der Waals surface area contributed by atoms with Crippen LogP contribution in [0.25, 0.3) is 0 Å². The van der Waals surface area contributed by atoms with Crippen LogP contribution in [0.2, 0.25) is 4.34 Å². The molecule has 1 heterocycles. The lowest BCUT2D eigenvalue weighted by atomic mass is 10.00. The van der Waals surface area contributed by atoms with Crippen LogP contribution in [-0.4, -0.2) is 6.04 Å². The summed E-state index contributed by atoms with van der Waals surface area (Å²) in [7, 11) is 0. The standard InChI is InChI=1S/C9H14ClNS/c1-6(7(2)11)5-8-3-4-9(10)12-8/h3-4,6-7H,5,11H2,1-2H3. The van der Waals surface area contributed by atoms with Gasteiger partial charge in [-0.1, -0.05) is 18.5 Å². The van der Waals surface area contributed by atoms with Gasteiger partial charge in [0, 0.05) is 10.9 Å². The fraction of sp³-hybridized carbons (Fsp3) is 0.556. The van der Waals surface area contributed by atoms with Crippen molar-refractivity contribution in [2.45, 2.75) is 26.3 Å². The molecule has 12 heavy (non-hydrogen) atoms. The fourth-order valence-electron chi connectivity index (χ4n) is 0.965. The zero-order valence-electron chi connectivity index (χ0n) is 7.38. The van der Waals surface area contributed by atoms with Crippen molar-refractivity contribution >= 4 is 22.9 Å². The molecule has 0 aliphatic rings. The van der Waals surface area contributed by atoms with E-state index in [0.717, 1.165) is 10.8 Å². The van der Waals surface area contributed by atoms with Gasteiger partial charge >= 0.3 is 0 Å². The number of hydrogen-bond acceptors (Lipinski definition) is 2. The second-order valence-electron chi connectivity index (χ2n) is 3.25. The molecule has 1 aromatic heterocycles. The Morgan fingerprint density at radius 1 is 1.50 bits per heavy atom. The highest BCUT2D eigenvalue weighted by Crippen LogP contribution is 2.24. The zero-order valence-corrected chi connectivity index (χ0v) is 8.95. The molecule has 1 nitrogen and oxygen atoms in total. The third-order valence-corrected chi connectivity index (χ3v) is 3.30. The molecule has 0 saturated heterocycles. The Labute approximate surface area is 82.5 Å². The first-order valence-corrected chi connectivity index (χ1v) is 5.29. The van der Waals surface area contributed by atoms with Gasteiger partial charge in [0.05, 0.1) is 4.34 Å². The summed E-state index contributed by atoms with van der Waals surface area (Å²) >= 11 is 7.45. The molecular formula is C9H14ClNS. The highest BCUT2D eigenvalue weighted by molar-refractivity contribution is 7.16. The number of rotatable bonds is 3. The van der Waals surface area contributed by atoms with Crippen molar-refractivity contribution in [3.8, 4) is 0 Å². The van der Waals surface area contributed by atoms with Gasteiger partial charge in [0.1, 0.15) is 0 Å². The van der Waals surface area contributed by atoms with Gasteiger partial charge in [0.2, 0.25) is 0 Å². The predicted molar refractivity (Wildman–Crippen MR) is 55.8 cm³/mol. The summed E-state index contributed by atoms with van der Waals surface area (Å²) < 4.78 is 0.863. The van der Waals surface area contributed by atoms with Crippen LogP contribution in [-0.2, 0) is 6.42 Å². The predicted octanol–water partition coefficient (Wildman–Crippen LogP) is 2.93. The van der Waals surface area contributed by atoms with E-state index in [1.807, 2.05) is 13.0 Å². The van der Waals surface area contributed by atoms with E-state index in [2.05, 4.69) is 13.0 Å². The van der Waals surface area contributed by atoms with Gasteiger partial charge in [0.25, 0.3) is 0 Å². The van der Waals surface area contributed by atoms with E-state index in [9.17, 15) is 0 Å². The maximum atomic E-state index is 5.81. The smallest absolute Gasteiger partial charge is 0.0931 e. The normalized spacial score (nSPS) is 16.0. The summed E-state index contributed by atoms with van der Waals surface area (Å²) in [6.45, 7) is 4.21. The Kier molecular flexibility index (Phi) is 3.56. The molecule has 0 aromatic carbocycles. The monoisotopic (exact) mass is 203 g/mol. The molecule has 0 radical (unpaired) electrons. The van der Waals surface area contributed by atoms with Gasteiger partial charge in [-0.05, 0) is 31.4 Å². The van der Waals surface area contributed by atoms with Gasteiger partial charge < -0.3 is 5.73 Å². The SMILES string of the molecule is CC(N)C(C)Cc1ccc(Cl)s1. The quantitative estimate of drug-likeness (QED) is 0.804. The summed E-state index contributed by atoms with van der Waals surface area (Å²) in [6, 6.07) is 4.27. The Morgan fingerprint density at radius 3 is 2.58 bits per heavy atom. The van der Waals surface area contributed by atoms with Crippen LogP contribution in [0.5, 0.6) is 0 Å². The number of hydrogen-bond donors (Lipinski definition) is 1. The minimum atomic E-state index is 0.255. The minimum absolute atomic E-state index is 0.255. The Balaban J connectivity index is 2.52. The molecule has 2 N–H and O–H groups in total. The Morgan fingerprint density at radius 2 is 2.17 bits per heavy atom. The van der Waals surface area contributed by atoms with E-state index in [1.54, 1.807) is 11.3 Å². The summed E-state index contributed by atoms with van der Waals surface area (Å²) in [6.07, 6.45) is 1.04. The average molecular weight is 204 g/mol. The number of nitrogens with two attached hydrogens (primary N) is 1. The summed E-state index contributed by atoms with van der Waals surface area (Å²) in [5.74, 6) is 0.528. The van der Waals surface area contributed by atoms with Crippen LogP contribution in [0.4, 0.5) is 0 Å². The maximum absolute atomic E-state index is 5.81.